The maximum Gasteiger partial charge on any atom is 0.225 e. The molecule has 5 nitrogen and oxygen atoms in total. The minimum absolute atomic E-state index is 0.0625. The summed E-state index contributed by atoms with van der Waals surface area (Å²) in [5, 5.41) is 10.1. The van der Waals surface area contributed by atoms with Crippen LogP contribution in [-0.4, -0.2) is 21.1 Å². The Labute approximate surface area is 134 Å². The van der Waals surface area contributed by atoms with Gasteiger partial charge in [-0.05, 0) is 18.1 Å². The lowest BCUT2D eigenvalue weighted by molar-refractivity contribution is -0.121. The molecule has 1 atom stereocenters. The number of carbonyl (C=O) groups excluding carboxylic acids is 1. The molecule has 0 saturated heterocycles. The van der Waals surface area contributed by atoms with Crippen molar-refractivity contribution in [3.63, 3.8) is 0 Å². The van der Waals surface area contributed by atoms with E-state index in [0.29, 0.717) is 12.2 Å². The molecule has 0 aliphatic rings. The van der Waals surface area contributed by atoms with Crippen molar-refractivity contribution in [1.82, 2.24) is 20.5 Å². The molecule has 0 aliphatic heterocycles. The molecule has 0 aliphatic carbocycles. The van der Waals surface area contributed by atoms with Crippen molar-refractivity contribution in [2.24, 2.45) is 0 Å². The number of carbonyl (C=O) groups is 1. The van der Waals surface area contributed by atoms with Crippen molar-refractivity contribution in [2.75, 3.05) is 0 Å². The van der Waals surface area contributed by atoms with Gasteiger partial charge in [-0.2, -0.15) is 5.10 Å². The molecule has 0 unspecified atom stereocenters. The number of amides is 1. The van der Waals surface area contributed by atoms with Gasteiger partial charge in [0.15, 0.2) is 5.82 Å². The molecule has 0 saturated carbocycles. The zero-order valence-corrected chi connectivity index (χ0v) is 12.9. The smallest absolute Gasteiger partial charge is 0.225 e. The summed E-state index contributed by atoms with van der Waals surface area (Å²) >= 11 is 0. The topological polar surface area (TPSA) is 70.7 Å². The normalized spacial score (nSPS) is 11.9. The lowest BCUT2D eigenvalue weighted by atomic mass is 10.1. The Morgan fingerprint density at radius 1 is 1.09 bits per heavy atom. The van der Waals surface area contributed by atoms with Crippen LogP contribution in [0.25, 0.3) is 0 Å². The molecule has 2 aromatic carbocycles. The Morgan fingerprint density at radius 2 is 1.74 bits per heavy atom. The van der Waals surface area contributed by atoms with Crippen molar-refractivity contribution >= 4 is 5.91 Å². The summed E-state index contributed by atoms with van der Waals surface area (Å²) in [5.41, 5.74) is 1.93. The Kier molecular flexibility index (Phi) is 4.47. The van der Waals surface area contributed by atoms with Gasteiger partial charge in [0.25, 0.3) is 0 Å². The number of aromatic nitrogens is 3. The second-order valence-corrected chi connectivity index (χ2v) is 5.35. The molecular weight excluding hydrogens is 288 g/mol. The lowest BCUT2D eigenvalue weighted by Gasteiger charge is -2.16. The van der Waals surface area contributed by atoms with E-state index in [1.165, 1.54) is 0 Å². The van der Waals surface area contributed by atoms with Crippen molar-refractivity contribution in [3.05, 3.63) is 83.4 Å². The highest BCUT2D eigenvalue weighted by molar-refractivity contribution is 5.79. The average molecular weight is 306 g/mol. The van der Waals surface area contributed by atoms with Gasteiger partial charge in [0, 0.05) is 0 Å². The zero-order valence-electron chi connectivity index (χ0n) is 12.9. The molecule has 1 aromatic heterocycles. The number of hydrogen-bond donors (Lipinski definition) is 2. The van der Waals surface area contributed by atoms with Gasteiger partial charge in [0.1, 0.15) is 11.9 Å². The van der Waals surface area contributed by atoms with Crippen LogP contribution in [-0.2, 0) is 11.2 Å². The fraction of sp³-hybridized carbons (Fsp3) is 0.167. The number of aromatic amines is 1. The highest BCUT2D eigenvalue weighted by Crippen LogP contribution is 2.19. The number of benzene rings is 2. The van der Waals surface area contributed by atoms with Gasteiger partial charge in [-0.25, -0.2) is 4.98 Å². The van der Waals surface area contributed by atoms with Crippen LogP contribution in [0.2, 0.25) is 0 Å². The van der Waals surface area contributed by atoms with Crippen LogP contribution in [0.1, 0.15) is 28.8 Å². The average Bonchev–Trinajstić information content (AvgIpc) is 3.00. The molecule has 0 radical (unpaired) electrons. The highest BCUT2D eigenvalue weighted by atomic mass is 16.1. The van der Waals surface area contributed by atoms with E-state index in [2.05, 4.69) is 20.5 Å². The van der Waals surface area contributed by atoms with E-state index in [0.717, 1.165) is 17.0 Å². The van der Waals surface area contributed by atoms with Crippen LogP contribution in [0.5, 0.6) is 0 Å². The molecular formula is C18H18N4O. The van der Waals surface area contributed by atoms with E-state index in [-0.39, 0.29) is 11.9 Å². The Morgan fingerprint density at radius 3 is 2.35 bits per heavy atom. The molecule has 1 amide bonds. The number of aryl methyl sites for hydroxylation is 1. The van der Waals surface area contributed by atoms with Crippen LogP contribution < -0.4 is 5.32 Å². The number of rotatable bonds is 5. The molecule has 3 aromatic rings. The zero-order chi connectivity index (χ0) is 16.1. The van der Waals surface area contributed by atoms with E-state index in [1.807, 2.05) is 67.6 Å². The largest absolute Gasteiger partial charge is 0.342 e. The van der Waals surface area contributed by atoms with E-state index >= 15 is 0 Å². The van der Waals surface area contributed by atoms with Gasteiger partial charge in [-0.1, -0.05) is 60.7 Å². The fourth-order valence-electron chi connectivity index (χ4n) is 2.42. The SMILES string of the molecule is Cc1nc([C@@H](NC(=O)Cc2ccccc2)c2ccccc2)n[nH]1. The first kappa shape index (κ1) is 15.0. The summed E-state index contributed by atoms with van der Waals surface area (Å²) in [6.45, 7) is 1.84. The van der Waals surface area contributed by atoms with Crippen LogP contribution in [0.4, 0.5) is 0 Å². The molecule has 2 N–H and O–H groups in total. The van der Waals surface area contributed by atoms with Crippen LogP contribution in [0.15, 0.2) is 60.7 Å². The van der Waals surface area contributed by atoms with Crippen molar-refractivity contribution in [2.45, 2.75) is 19.4 Å². The van der Waals surface area contributed by atoms with Gasteiger partial charge in [0.05, 0.1) is 6.42 Å². The summed E-state index contributed by atoms with van der Waals surface area (Å²) in [4.78, 5) is 16.8. The predicted molar refractivity (Wildman–Crippen MR) is 87.7 cm³/mol. The fourth-order valence-corrected chi connectivity index (χ4v) is 2.42. The first-order valence-electron chi connectivity index (χ1n) is 7.49. The lowest BCUT2D eigenvalue weighted by Crippen LogP contribution is -2.31. The monoisotopic (exact) mass is 306 g/mol. The van der Waals surface area contributed by atoms with Crippen LogP contribution >= 0.6 is 0 Å². The second kappa shape index (κ2) is 6.87. The Balaban J connectivity index is 1.80. The third-order valence-corrected chi connectivity index (χ3v) is 3.52. The number of nitrogens with one attached hydrogen (secondary N) is 2. The van der Waals surface area contributed by atoms with Crippen molar-refractivity contribution in [1.29, 1.82) is 0 Å². The first-order valence-corrected chi connectivity index (χ1v) is 7.49. The summed E-state index contributed by atoms with van der Waals surface area (Å²) in [5.74, 6) is 1.22. The Bertz CT molecular complexity index is 768. The molecule has 1 heterocycles. The minimum Gasteiger partial charge on any atom is -0.342 e. The van der Waals surface area contributed by atoms with Crippen molar-refractivity contribution < 1.29 is 4.79 Å². The standard InChI is InChI=1S/C18H18N4O/c1-13-19-18(22-21-13)17(15-10-6-3-7-11-15)20-16(23)12-14-8-4-2-5-9-14/h2-11,17H,12H2,1H3,(H,20,23)(H,19,21,22)/t17-/m0/s1. The van der Waals surface area contributed by atoms with Crippen molar-refractivity contribution in [3.8, 4) is 0 Å². The van der Waals surface area contributed by atoms with E-state index in [4.69, 9.17) is 0 Å². The maximum atomic E-state index is 12.4. The highest BCUT2D eigenvalue weighted by Gasteiger charge is 2.20. The first-order chi connectivity index (χ1) is 11.2. The third-order valence-electron chi connectivity index (χ3n) is 3.52. The Hall–Kier alpha value is -2.95. The quantitative estimate of drug-likeness (QED) is 0.761. The summed E-state index contributed by atoms with van der Waals surface area (Å²) < 4.78 is 0. The number of hydrogen-bond acceptors (Lipinski definition) is 3. The molecule has 116 valence electrons. The van der Waals surface area contributed by atoms with E-state index in [1.54, 1.807) is 0 Å². The second-order valence-electron chi connectivity index (χ2n) is 5.35. The van der Waals surface area contributed by atoms with Crippen LogP contribution in [0, 0.1) is 6.92 Å². The van der Waals surface area contributed by atoms with Gasteiger partial charge in [0.2, 0.25) is 5.91 Å². The summed E-state index contributed by atoms with van der Waals surface area (Å²) in [6, 6.07) is 19.0. The van der Waals surface area contributed by atoms with Gasteiger partial charge < -0.3 is 5.32 Å². The van der Waals surface area contributed by atoms with Gasteiger partial charge >= 0.3 is 0 Å². The molecule has 0 fully saturated rings. The molecule has 0 bridgehead atoms. The molecule has 23 heavy (non-hydrogen) atoms. The van der Waals surface area contributed by atoms with Gasteiger partial charge in [-0.3, -0.25) is 9.89 Å². The summed E-state index contributed by atoms with van der Waals surface area (Å²) in [6.07, 6.45) is 0.327. The minimum atomic E-state index is -0.364. The maximum absolute atomic E-state index is 12.4. The van der Waals surface area contributed by atoms with Crippen LogP contribution in [0.3, 0.4) is 0 Å². The summed E-state index contributed by atoms with van der Waals surface area (Å²) in [7, 11) is 0. The number of nitrogens with zero attached hydrogens (tertiary/aromatic N) is 2. The molecule has 5 heteroatoms. The molecule has 3 rings (SSSR count). The van der Waals surface area contributed by atoms with Gasteiger partial charge in [-0.15, -0.1) is 0 Å². The third kappa shape index (κ3) is 3.83. The predicted octanol–water partition coefficient (Wildman–Crippen LogP) is 2.56. The van der Waals surface area contributed by atoms with E-state index in [9.17, 15) is 4.79 Å². The number of H-pyrrole nitrogens is 1. The van der Waals surface area contributed by atoms with E-state index < -0.39 is 0 Å². The molecule has 0 spiro atoms.